The molecule has 1 fully saturated rings. The van der Waals surface area contributed by atoms with E-state index in [-0.39, 0.29) is 11.3 Å². The van der Waals surface area contributed by atoms with E-state index < -0.39 is 0 Å². The Labute approximate surface area is 132 Å². The van der Waals surface area contributed by atoms with Crippen molar-refractivity contribution in [3.8, 4) is 0 Å². The van der Waals surface area contributed by atoms with Crippen LogP contribution in [0.3, 0.4) is 0 Å². The van der Waals surface area contributed by atoms with Crippen LogP contribution >= 0.6 is 11.8 Å². The summed E-state index contributed by atoms with van der Waals surface area (Å²) in [6, 6.07) is 5.91. The van der Waals surface area contributed by atoms with Gasteiger partial charge in [-0.3, -0.25) is 4.79 Å². The summed E-state index contributed by atoms with van der Waals surface area (Å²) in [6.45, 7) is 4.24. The van der Waals surface area contributed by atoms with Crippen molar-refractivity contribution < 1.29 is 4.79 Å². The van der Waals surface area contributed by atoms with Crippen molar-refractivity contribution in [2.24, 2.45) is 5.41 Å². The fraction of sp³-hybridized carbons (Fsp3) is 0.588. The summed E-state index contributed by atoms with van der Waals surface area (Å²) in [4.78, 5) is 13.8. The fourth-order valence-electron chi connectivity index (χ4n) is 2.79. The molecule has 0 aliphatic heterocycles. The van der Waals surface area contributed by atoms with Gasteiger partial charge in [0.1, 0.15) is 0 Å². The average Bonchev–Trinajstić information content (AvgIpc) is 2.48. The summed E-state index contributed by atoms with van der Waals surface area (Å²) in [5.41, 5.74) is 7.18. The molecule has 1 amide bonds. The molecule has 0 aromatic heterocycles. The number of hydrogen-bond donors (Lipinski definition) is 2. The van der Waals surface area contributed by atoms with E-state index in [9.17, 15) is 4.79 Å². The van der Waals surface area contributed by atoms with Crippen LogP contribution in [0.1, 0.15) is 52.4 Å². The summed E-state index contributed by atoms with van der Waals surface area (Å²) in [6.07, 6.45) is 6.62. The van der Waals surface area contributed by atoms with Crippen LogP contribution in [0.4, 0.5) is 11.4 Å². The van der Waals surface area contributed by atoms with E-state index in [0.717, 1.165) is 48.4 Å². The second kappa shape index (κ2) is 7.21. The van der Waals surface area contributed by atoms with Crippen molar-refractivity contribution >= 4 is 29.0 Å². The number of anilines is 2. The number of carbonyl (C=O) groups excluding carboxylic acids is 1. The lowest BCUT2D eigenvalue weighted by Crippen LogP contribution is -2.35. The van der Waals surface area contributed by atoms with E-state index in [0.29, 0.717) is 5.69 Å². The van der Waals surface area contributed by atoms with Gasteiger partial charge in [0.15, 0.2) is 0 Å². The van der Waals surface area contributed by atoms with Crippen molar-refractivity contribution in [2.45, 2.75) is 57.3 Å². The van der Waals surface area contributed by atoms with Crippen LogP contribution in [-0.4, -0.2) is 11.7 Å². The van der Waals surface area contributed by atoms with Crippen molar-refractivity contribution in [3.63, 3.8) is 0 Å². The third-order valence-electron chi connectivity index (χ3n) is 4.25. The number of benzene rings is 1. The zero-order chi connectivity index (χ0) is 15.3. The normalized spacial score (nSPS) is 17.4. The highest BCUT2D eigenvalue weighted by Gasteiger charge is 2.34. The largest absolute Gasteiger partial charge is 0.397 e. The molecule has 0 saturated heterocycles. The Morgan fingerprint density at radius 3 is 2.71 bits per heavy atom. The second-order valence-corrected chi connectivity index (χ2v) is 7.34. The number of amides is 1. The molecule has 1 aliphatic rings. The molecule has 1 aromatic carbocycles. The lowest BCUT2D eigenvalue weighted by Gasteiger charge is -2.32. The smallest absolute Gasteiger partial charge is 0.230 e. The molecule has 3 N–H and O–H groups in total. The van der Waals surface area contributed by atoms with Gasteiger partial charge < -0.3 is 11.1 Å². The minimum atomic E-state index is -0.239. The number of rotatable bonds is 5. The zero-order valence-electron chi connectivity index (χ0n) is 13.1. The standard InChI is InChI=1S/C17H26N2OS/c1-3-11-21-13-7-8-14(18)15(12-13)19-16(20)17(2)9-5-4-6-10-17/h7-8,12H,3-6,9-11,18H2,1-2H3,(H,19,20). The van der Waals surface area contributed by atoms with E-state index in [2.05, 4.69) is 19.2 Å². The van der Waals surface area contributed by atoms with Gasteiger partial charge in [-0.1, -0.05) is 33.1 Å². The Kier molecular flexibility index (Phi) is 5.57. The van der Waals surface area contributed by atoms with Gasteiger partial charge in [0.25, 0.3) is 0 Å². The van der Waals surface area contributed by atoms with E-state index in [1.807, 2.05) is 18.2 Å². The molecule has 1 saturated carbocycles. The lowest BCUT2D eigenvalue weighted by atomic mass is 9.75. The number of hydrogen-bond acceptors (Lipinski definition) is 3. The summed E-state index contributed by atoms with van der Waals surface area (Å²) in [5.74, 6) is 1.20. The van der Waals surface area contributed by atoms with Crippen molar-refractivity contribution in [3.05, 3.63) is 18.2 Å². The molecule has 0 unspecified atom stereocenters. The molecule has 0 bridgehead atoms. The molecular formula is C17H26N2OS. The van der Waals surface area contributed by atoms with Gasteiger partial charge in [-0.15, -0.1) is 11.8 Å². The molecule has 116 valence electrons. The van der Waals surface area contributed by atoms with E-state index in [4.69, 9.17) is 5.73 Å². The Bertz CT molecular complexity index is 496. The number of carbonyl (C=O) groups is 1. The number of thioether (sulfide) groups is 1. The highest BCUT2D eigenvalue weighted by molar-refractivity contribution is 7.99. The van der Waals surface area contributed by atoms with Crippen LogP contribution in [0.25, 0.3) is 0 Å². The highest BCUT2D eigenvalue weighted by atomic mass is 32.2. The maximum atomic E-state index is 12.6. The SMILES string of the molecule is CCCSc1ccc(N)c(NC(=O)C2(C)CCCCC2)c1. The molecular weight excluding hydrogens is 280 g/mol. The second-order valence-electron chi connectivity index (χ2n) is 6.17. The quantitative estimate of drug-likeness (QED) is 0.613. The van der Waals surface area contributed by atoms with Gasteiger partial charge in [0.2, 0.25) is 5.91 Å². The summed E-state index contributed by atoms with van der Waals surface area (Å²) in [5, 5.41) is 3.06. The van der Waals surface area contributed by atoms with Gasteiger partial charge in [0.05, 0.1) is 11.4 Å². The third kappa shape index (κ3) is 4.16. The van der Waals surface area contributed by atoms with Crippen molar-refractivity contribution in [2.75, 3.05) is 16.8 Å². The minimum absolute atomic E-state index is 0.117. The molecule has 0 spiro atoms. The zero-order valence-corrected chi connectivity index (χ0v) is 13.9. The highest BCUT2D eigenvalue weighted by Crippen LogP contribution is 2.37. The minimum Gasteiger partial charge on any atom is -0.397 e. The maximum absolute atomic E-state index is 12.6. The summed E-state index contributed by atoms with van der Waals surface area (Å²) in [7, 11) is 0. The summed E-state index contributed by atoms with van der Waals surface area (Å²) < 4.78 is 0. The lowest BCUT2D eigenvalue weighted by molar-refractivity contribution is -0.126. The topological polar surface area (TPSA) is 55.1 Å². The molecule has 3 nitrogen and oxygen atoms in total. The van der Waals surface area contributed by atoms with Crippen LogP contribution in [0.5, 0.6) is 0 Å². The first-order valence-electron chi connectivity index (χ1n) is 7.89. The monoisotopic (exact) mass is 306 g/mol. The summed E-state index contributed by atoms with van der Waals surface area (Å²) >= 11 is 1.80. The molecule has 4 heteroatoms. The molecule has 1 aliphatic carbocycles. The molecule has 0 radical (unpaired) electrons. The van der Waals surface area contributed by atoms with Gasteiger partial charge in [-0.25, -0.2) is 0 Å². The predicted octanol–water partition coefficient (Wildman–Crippen LogP) is 4.68. The number of nitrogens with two attached hydrogens (primary N) is 1. The van der Waals surface area contributed by atoms with E-state index in [1.54, 1.807) is 11.8 Å². The third-order valence-corrected chi connectivity index (χ3v) is 5.45. The van der Waals surface area contributed by atoms with Crippen molar-refractivity contribution in [1.29, 1.82) is 0 Å². The first kappa shape index (κ1) is 16.2. The van der Waals surface area contributed by atoms with Gasteiger partial charge in [0, 0.05) is 10.3 Å². The molecule has 21 heavy (non-hydrogen) atoms. The van der Waals surface area contributed by atoms with Crippen LogP contribution < -0.4 is 11.1 Å². The van der Waals surface area contributed by atoms with Gasteiger partial charge in [-0.05, 0) is 43.2 Å². The first-order chi connectivity index (χ1) is 10.0. The molecule has 1 aromatic rings. The van der Waals surface area contributed by atoms with Crippen LogP contribution in [0.2, 0.25) is 0 Å². The van der Waals surface area contributed by atoms with Crippen LogP contribution in [-0.2, 0) is 4.79 Å². The Balaban J connectivity index is 2.08. The van der Waals surface area contributed by atoms with Gasteiger partial charge in [-0.2, -0.15) is 0 Å². The average molecular weight is 306 g/mol. The van der Waals surface area contributed by atoms with E-state index >= 15 is 0 Å². The van der Waals surface area contributed by atoms with Gasteiger partial charge >= 0.3 is 0 Å². The van der Waals surface area contributed by atoms with Crippen LogP contribution in [0, 0.1) is 5.41 Å². The van der Waals surface area contributed by atoms with E-state index in [1.165, 1.54) is 6.42 Å². The molecule has 2 rings (SSSR count). The maximum Gasteiger partial charge on any atom is 0.230 e. The number of nitrogens with one attached hydrogen (secondary N) is 1. The molecule has 0 atom stereocenters. The molecule has 0 heterocycles. The van der Waals surface area contributed by atoms with Crippen molar-refractivity contribution in [1.82, 2.24) is 0 Å². The van der Waals surface area contributed by atoms with Crippen LogP contribution in [0.15, 0.2) is 23.1 Å². The fourth-order valence-corrected chi connectivity index (χ4v) is 3.59. The Morgan fingerprint density at radius 2 is 2.05 bits per heavy atom. The number of nitrogen functional groups attached to an aromatic ring is 1. The first-order valence-corrected chi connectivity index (χ1v) is 8.87. The Hall–Kier alpha value is -1.16. The predicted molar refractivity (Wildman–Crippen MR) is 91.7 cm³/mol. The Morgan fingerprint density at radius 1 is 1.33 bits per heavy atom.